The number of aliphatic carboxylic acids is 1. The van der Waals surface area contributed by atoms with Gasteiger partial charge in [-0.2, -0.15) is 0 Å². The lowest BCUT2D eigenvalue weighted by atomic mass is 10.2. The first-order valence-electron chi connectivity index (χ1n) is 5.31. The van der Waals surface area contributed by atoms with Crippen molar-refractivity contribution < 1.29 is 19.4 Å². The number of carboxylic acid groups (broad SMARTS) is 1. The molecule has 0 saturated heterocycles. The lowest BCUT2D eigenvalue weighted by Crippen LogP contribution is -2.47. The minimum Gasteiger partial charge on any atom is -0.480 e. The largest absolute Gasteiger partial charge is 0.480 e. The molecule has 94 valence electrons. The van der Waals surface area contributed by atoms with Crippen LogP contribution in [0, 0.1) is 0 Å². The summed E-state index contributed by atoms with van der Waals surface area (Å²) in [5.41, 5.74) is 0. The molecule has 0 aliphatic carbocycles. The molecule has 0 aliphatic rings. The molecule has 0 aromatic carbocycles. The van der Waals surface area contributed by atoms with Crippen LogP contribution in [0.3, 0.4) is 0 Å². The zero-order valence-corrected chi connectivity index (χ0v) is 9.95. The van der Waals surface area contributed by atoms with Crippen molar-refractivity contribution in [3.8, 4) is 0 Å². The van der Waals surface area contributed by atoms with Gasteiger partial charge in [0.25, 0.3) is 0 Å². The predicted molar refractivity (Wildman–Crippen MR) is 59.3 cm³/mol. The summed E-state index contributed by atoms with van der Waals surface area (Å²) in [7, 11) is 1.54. The predicted octanol–water partition coefficient (Wildman–Crippen LogP) is 0.574. The van der Waals surface area contributed by atoms with Crippen molar-refractivity contribution in [2.75, 3.05) is 13.7 Å². The number of nitrogens with one attached hydrogen (secondary N) is 2. The molecule has 0 aliphatic heterocycles. The number of hydrogen-bond donors (Lipinski definition) is 3. The van der Waals surface area contributed by atoms with Crippen molar-refractivity contribution >= 4 is 12.0 Å². The highest BCUT2D eigenvalue weighted by Crippen LogP contribution is 1.96. The standard InChI is InChI=1S/C10H20N2O4/c1-4-5-8(9(13)14)12-10(15)11-6-7(2)16-3/h7-8H,4-6H2,1-3H3,(H,13,14)(H2,11,12,15)/t7?,8-/m1/s1. The fourth-order valence-corrected chi connectivity index (χ4v) is 1.08. The summed E-state index contributed by atoms with van der Waals surface area (Å²) in [6.07, 6.45) is 1.02. The Morgan fingerprint density at radius 2 is 2.06 bits per heavy atom. The maximum Gasteiger partial charge on any atom is 0.326 e. The molecule has 2 amide bonds. The van der Waals surface area contributed by atoms with Crippen LogP contribution in [-0.4, -0.2) is 42.9 Å². The van der Waals surface area contributed by atoms with Gasteiger partial charge in [0.15, 0.2) is 0 Å². The second-order valence-electron chi connectivity index (χ2n) is 3.58. The molecule has 0 aromatic rings. The van der Waals surface area contributed by atoms with Crippen LogP contribution in [0.5, 0.6) is 0 Å². The van der Waals surface area contributed by atoms with E-state index in [-0.39, 0.29) is 6.10 Å². The fraction of sp³-hybridized carbons (Fsp3) is 0.800. The van der Waals surface area contributed by atoms with Crippen LogP contribution in [0.1, 0.15) is 26.7 Å². The van der Waals surface area contributed by atoms with Gasteiger partial charge in [0, 0.05) is 13.7 Å². The molecule has 0 fully saturated rings. The Morgan fingerprint density at radius 1 is 1.44 bits per heavy atom. The van der Waals surface area contributed by atoms with E-state index in [1.807, 2.05) is 6.92 Å². The lowest BCUT2D eigenvalue weighted by Gasteiger charge is -2.15. The highest BCUT2D eigenvalue weighted by Gasteiger charge is 2.18. The van der Waals surface area contributed by atoms with Crippen molar-refractivity contribution in [2.24, 2.45) is 0 Å². The van der Waals surface area contributed by atoms with Gasteiger partial charge in [0.05, 0.1) is 6.10 Å². The van der Waals surface area contributed by atoms with Crippen LogP contribution >= 0.6 is 0 Å². The van der Waals surface area contributed by atoms with Gasteiger partial charge in [-0.15, -0.1) is 0 Å². The smallest absolute Gasteiger partial charge is 0.326 e. The molecule has 0 rings (SSSR count). The maximum atomic E-state index is 11.3. The second-order valence-corrected chi connectivity index (χ2v) is 3.58. The van der Waals surface area contributed by atoms with E-state index >= 15 is 0 Å². The van der Waals surface area contributed by atoms with Crippen molar-refractivity contribution in [1.29, 1.82) is 0 Å². The van der Waals surface area contributed by atoms with Crippen LogP contribution in [0.25, 0.3) is 0 Å². The zero-order valence-electron chi connectivity index (χ0n) is 9.95. The van der Waals surface area contributed by atoms with E-state index in [0.29, 0.717) is 19.4 Å². The minimum atomic E-state index is -1.02. The SMILES string of the molecule is CCC[C@@H](NC(=O)NCC(C)OC)C(=O)O. The summed E-state index contributed by atoms with van der Waals surface area (Å²) < 4.78 is 4.94. The van der Waals surface area contributed by atoms with Gasteiger partial charge in [-0.05, 0) is 13.3 Å². The number of methoxy groups -OCH3 is 1. The molecule has 0 saturated carbocycles. The third-order valence-corrected chi connectivity index (χ3v) is 2.13. The Labute approximate surface area is 95.4 Å². The average Bonchev–Trinajstić information content (AvgIpc) is 2.25. The third kappa shape index (κ3) is 6.23. The number of carboxylic acids is 1. The molecule has 0 spiro atoms. The van der Waals surface area contributed by atoms with Gasteiger partial charge in [-0.3, -0.25) is 0 Å². The van der Waals surface area contributed by atoms with Gasteiger partial charge in [0.1, 0.15) is 6.04 Å². The summed E-state index contributed by atoms with van der Waals surface area (Å²) in [5.74, 6) is -1.02. The molecular formula is C10H20N2O4. The van der Waals surface area contributed by atoms with Gasteiger partial charge >= 0.3 is 12.0 Å². The number of ether oxygens (including phenoxy) is 1. The van der Waals surface area contributed by atoms with Crippen molar-refractivity contribution in [1.82, 2.24) is 10.6 Å². The topological polar surface area (TPSA) is 87.7 Å². The molecule has 6 nitrogen and oxygen atoms in total. The first kappa shape index (κ1) is 14.7. The molecule has 0 heterocycles. The van der Waals surface area contributed by atoms with Gasteiger partial charge < -0.3 is 20.5 Å². The molecule has 0 radical (unpaired) electrons. The molecule has 0 bridgehead atoms. The van der Waals surface area contributed by atoms with Crippen LogP contribution in [0.15, 0.2) is 0 Å². The summed E-state index contributed by atoms with van der Waals surface area (Å²) in [5, 5.41) is 13.7. The van der Waals surface area contributed by atoms with E-state index in [1.165, 1.54) is 0 Å². The van der Waals surface area contributed by atoms with Crippen molar-refractivity contribution in [2.45, 2.75) is 38.8 Å². The molecule has 1 unspecified atom stereocenters. The van der Waals surface area contributed by atoms with E-state index in [2.05, 4.69) is 10.6 Å². The van der Waals surface area contributed by atoms with E-state index in [1.54, 1.807) is 14.0 Å². The van der Waals surface area contributed by atoms with Crippen LogP contribution < -0.4 is 10.6 Å². The van der Waals surface area contributed by atoms with Crippen LogP contribution in [0.2, 0.25) is 0 Å². The Morgan fingerprint density at radius 3 is 2.50 bits per heavy atom. The molecule has 6 heteroatoms. The van der Waals surface area contributed by atoms with Crippen LogP contribution in [0.4, 0.5) is 4.79 Å². The summed E-state index contributed by atoms with van der Waals surface area (Å²) in [6, 6.07) is -1.31. The average molecular weight is 232 g/mol. The molecule has 0 aromatic heterocycles. The first-order valence-corrected chi connectivity index (χ1v) is 5.31. The fourth-order valence-electron chi connectivity index (χ4n) is 1.08. The van der Waals surface area contributed by atoms with Crippen molar-refractivity contribution in [3.05, 3.63) is 0 Å². The Hall–Kier alpha value is -1.30. The Bertz CT molecular complexity index is 233. The second kappa shape index (κ2) is 7.92. The van der Waals surface area contributed by atoms with E-state index in [9.17, 15) is 9.59 Å². The van der Waals surface area contributed by atoms with Gasteiger partial charge in [0.2, 0.25) is 0 Å². The monoisotopic (exact) mass is 232 g/mol. The number of urea groups is 1. The Kier molecular flexibility index (Phi) is 7.28. The van der Waals surface area contributed by atoms with E-state index < -0.39 is 18.0 Å². The van der Waals surface area contributed by atoms with Crippen LogP contribution in [-0.2, 0) is 9.53 Å². The molecule has 16 heavy (non-hydrogen) atoms. The van der Waals surface area contributed by atoms with Gasteiger partial charge in [-0.25, -0.2) is 9.59 Å². The first-order chi connectivity index (χ1) is 7.51. The lowest BCUT2D eigenvalue weighted by molar-refractivity contribution is -0.139. The highest BCUT2D eigenvalue weighted by molar-refractivity contribution is 5.82. The number of carbonyl (C=O) groups excluding carboxylic acids is 1. The number of rotatable bonds is 7. The minimum absolute atomic E-state index is 0.0970. The number of hydrogen-bond acceptors (Lipinski definition) is 3. The Balaban J connectivity index is 3.95. The quantitative estimate of drug-likeness (QED) is 0.599. The summed E-state index contributed by atoms with van der Waals surface area (Å²) in [4.78, 5) is 22.1. The number of amides is 2. The van der Waals surface area contributed by atoms with Crippen molar-refractivity contribution in [3.63, 3.8) is 0 Å². The van der Waals surface area contributed by atoms with E-state index in [4.69, 9.17) is 9.84 Å². The van der Waals surface area contributed by atoms with Gasteiger partial charge in [-0.1, -0.05) is 13.3 Å². The molecule has 2 atom stereocenters. The number of carbonyl (C=O) groups is 2. The highest BCUT2D eigenvalue weighted by atomic mass is 16.5. The summed E-state index contributed by atoms with van der Waals surface area (Å²) in [6.45, 7) is 4.02. The summed E-state index contributed by atoms with van der Waals surface area (Å²) >= 11 is 0. The third-order valence-electron chi connectivity index (χ3n) is 2.13. The van der Waals surface area contributed by atoms with E-state index in [0.717, 1.165) is 0 Å². The normalized spacial score (nSPS) is 13.9. The maximum absolute atomic E-state index is 11.3. The molecular weight excluding hydrogens is 212 g/mol. The molecule has 3 N–H and O–H groups in total. The zero-order chi connectivity index (χ0) is 12.6.